The highest BCUT2D eigenvalue weighted by atomic mass is 32.1. The molecule has 0 radical (unpaired) electrons. The molecular formula is C13H13N3O2S. The molecule has 0 spiro atoms. The summed E-state index contributed by atoms with van der Waals surface area (Å²) in [5.74, 6) is 0.407. The first-order chi connectivity index (χ1) is 8.99. The minimum Gasteiger partial charge on any atom is -0.295 e. The molecule has 0 unspecified atom stereocenters. The minimum atomic E-state index is -0.170. The van der Waals surface area contributed by atoms with Crippen LogP contribution in [0.5, 0.6) is 0 Å². The molecule has 0 saturated heterocycles. The van der Waals surface area contributed by atoms with E-state index in [2.05, 4.69) is 9.36 Å². The Morgan fingerprint density at radius 2 is 2.00 bits per heavy atom. The van der Waals surface area contributed by atoms with Crippen molar-refractivity contribution >= 4 is 34.0 Å². The number of rotatable bonds is 3. The van der Waals surface area contributed by atoms with Crippen LogP contribution >= 0.6 is 11.5 Å². The zero-order valence-electron chi connectivity index (χ0n) is 10.9. The third-order valence-corrected chi connectivity index (χ3v) is 3.33. The monoisotopic (exact) mass is 275 g/mol. The summed E-state index contributed by atoms with van der Waals surface area (Å²) >= 11 is 1.15. The number of hydrogen-bond acceptors (Lipinski definition) is 5. The van der Waals surface area contributed by atoms with E-state index < -0.39 is 0 Å². The Morgan fingerprint density at radius 1 is 1.26 bits per heavy atom. The van der Waals surface area contributed by atoms with Gasteiger partial charge in [0, 0.05) is 24.0 Å². The van der Waals surface area contributed by atoms with Crippen LogP contribution in [0.1, 0.15) is 30.0 Å². The van der Waals surface area contributed by atoms with Crippen molar-refractivity contribution in [1.82, 2.24) is 9.36 Å². The van der Waals surface area contributed by atoms with Gasteiger partial charge in [-0.15, -0.1) is 0 Å². The smallest absolute Gasteiger partial charge is 0.230 e. The molecule has 0 fully saturated rings. The van der Waals surface area contributed by atoms with Crippen molar-refractivity contribution in [3.05, 3.63) is 35.7 Å². The second kappa shape index (κ2) is 5.27. The van der Waals surface area contributed by atoms with E-state index >= 15 is 0 Å². The number of Topliss-reactive ketones (excluding diaryl/α,β-unsaturated/α-hetero) is 1. The topological polar surface area (TPSA) is 63.2 Å². The maximum atomic E-state index is 11.8. The fourth-order valence-corrected chi connectivity index (χ4v) is 2.41. The van der Waals surface area contributed by atoms with E-state index in [4.69, 9.17) is 0 Å². The SMILES string of the molecule is CC(=O)c1cccc(N(C(C)=O)c2nc(C)ns2)c1. The predicted molar refractivity (Wildman–Crippen MR) is 73.9 cm³/mol. The maximum absolute atomic E-state index is 11.8. The number of aromatic nitrogens is 2. The molecule has 0 bridgehead atoms. The van der Waals surface area contributed by atoms with Crippen molar-refractivity contribution in [2.75, 3.05) is 4.90 Å². The van der Waals surface area contributed by atoms with E-state index in [1.807, 2.05) is 0 Å². The molecule has 2 rings (SSSR count). The first kappa shape index (κ1) is 13.4. The summed E-state index contributed by atoms with van der Waals surface area (Å²) in [5.41, 5.74) is 1.18. The van der Waals surface area contributed by atoms with E-state index in [0.717, 1.165) is 11.5 Å². The van der Waals surface area contributed by atoms with E-state index in [1.54, 1.807) is 31.2 Å². The average Bonchev–Trinajstić information content (AvgIpc) is 2.75. The van der Waals surface area contributed by atoms with E-state index in [-0.39, 0.29) is 11.7 Å². The minimum absolute atomic E-state index is 0.0428. The van der Waals surface area contributed by atoms with Gasteiger partial charge in [-0.3, -0.25) is 14.5 Å². The number of hydrogen-bond donors (Lipinski definition) is 0. The first-order valence-electron chi connectivity index (χ1n) is 5.71. The number of anilines is 2. The number of aryl methyl sites for hydroxylation is 1. The van der Waals surface area contributed by atoms with Crippen LogP contribution in [0, 0.1) is 6.92 Å². The van der Waals surface area contributed by atoms with Crippen molar-refractivity contribution in [2.45, 2.75) is 20.8 Å². The average molecular weight is 275 g/mol. The molecule has 1 aromatic carbocycles. The summed E-state index contributed by atoms with van der Waals surface area (Å²) in [6.07, 6.45) is 0. The standard InChI is InChI=1S/C13H13N3O2S/c1-8(17)11-5-4-6-12(7-11)16(10(3)18)13-14-9(2)15-19-13/h4-7H,1-3H3. The third kappa shape index (κ3) is 2.85. The zero-order valence-corrected chi connectivity index (χ0v) is 11.7. The summed E-state index contributed by atoms with van der Waals surface area (Å²) in [4.78, 5) is 28.9. The Labute approximate surface area is 115 Å². The molecule has 6 heteroatoms. The Morgan fingerprint density at radius 3 is 2.53 bits per heavy atom. The molecule has 19 heavy (non-hydrogen) atoms. The summed E-state index contributed by atoms with van der Waals surface area (Å²) in [6.45, 7) is 4.72. The van der Waals surface area contributed by atoms with Crippen LogP contribution in [-0.4, -0.2) is 21.0 Å². The van der Waals surface area contributed by atoms with Gasteiger partial charge in [-0.25, -0.2) is 4.98 Å². The molecule has 98 valence electrons. The Kier molecular flexibility index (Phi) is 3.71. The highest BCUT2D eigenvalue weighted by molar-refractivity contribution is 7.10. The molecule has 1 heterocycles. The number of amides is 1. The van der Waals surface area contributed by atoms with Crippen LogP contribution in [0.3, 0.4) is 0 Å². The summed E-state index contributed by atoms with van der Waals surface area (Å²) in [5, 5.41) is 0.505. The Bertz CT molecular complexity index is 636. The molecule has 0 aliphatic rings. The molecular weight excluding hydrogens is 262 g/mol. The van der Waals surface area contributed by atoms with Crippen LogP contribution in [0.25, 0.3) is 0 Å². The zero-order chi connectivity index (χ0) is 14.0. The highest BCUT2D eigenvalue weighted by Gasteiger charge is 2.18. The van der Waals surface area contributed by atoms with E-state index in [0.29, 0.717) is 22.2 Å². The molecule has 1 aromatic heterocycles. The molecule has 0 N–H and O–H groups in total. The van der Waals surface area contributed by atoms with Gasteiger partial charge in [0.05, 0.1) is 5.69 Å². The number of benzene rings is 1. The number of carbonyl (C=O) groups is 2. The molecule has 0 aliphatic heterocycles. The van der Waals surface area contributed by atoms with Gasteiger partial charge in [0.2, 0.25) is 11.0 Å². The number of ketones is 1. The molecule has 0 atom stereocenters. The van der Waals surface area contributed by atoms with Gasteiger partial charge in [0.25, 0.3) is 0 Å². The summed E-state index contributed by atoms with van der Waals surface area (Å²) in [7, 11) is 0. The fourth-order valence-electron chi connectivity index (χ4n) is 1.67. The summed E-state index contributed by atoms with van der Waals surface area (Å²) in [6, 6.07) is 6.91. The van der Waals surface area contributed by atoms with Crippen molar-refractivity contribution in [2.24, 2.45) is 0 Å². The van der Waals surface area contributed by atoms with Gasteiger partial charge in [-0.1, -0.05) is 12.1 Å². The lowest BCUT2D eigenvalue weighted by molar-refractivity contribution is -0.115. The second-order valence-electron chi connectivity index (χ2n) is 4.09. The van der Waals surface area contributed by atoms with Crippen molar-refractivity contribution < 1.29 is 9.59 Å². The lowest BCUT2D eigenvalue weighted by Crippen LogP contribution is -2.22. The van der Waals surface area contributed by atoms with Crippen LogP contribution in [0.4, 0.5) is 10.8 Å². The van der Waals surface area contributed by atoms with Crippen LogP contribution in [-0.2, 0) is 4.79 Å². The second-order valence-corrected chi connectivity index (χ2v) is 4.82. The van der Waals surface area contributed by atoms with Gasteiger partial charge in [0.1, 0.15) is 5.82 Å². The lowest BCUT2D eigenvalue weighted by atomic mass is 10.1. The van der Waals surface area contributed by atoms with Crippen molar-refractivity contribution in [3.63, 3.8) is 0 Å². The third-order valence-electron chi connectivity index (χ3n) is 2.53. The number of nitrogens with zero attached hydrogens (tertiary/aromatic N) is 3. The first-order valence-corrected chi connectivity index (χ1v) is 6.48. The fraction of sp³-hybridized carbons (Fsp3) is 0.231. The van der Waals surface area contributed by atoms with Gasteiger partial charge >= 0.3 is 0 Å². The quantitative estimate of drug-likeness (QED) is 0.808. The Hall–Kier alpha value is -2.08. The summed E-state index contributed by atoms with van der Waals surface area (Å²) < 4.78 is 4.07. The lowest BCUT2D eigenvalue weighted by Gasteiger charge is -2.17. The van der Waals surface area contributed by atoms with E-state index in [9.17, 15) is 9.59 Å². The van der Waals surface area contributed by atoms with Gasteiger partial charge < -0.3 is 0 Å². The molecule has 0 aliphatic carbocycles. The molecule has 5 nitrogen and oxygen atoms in total. The Balaban J connectivity index is 2.48. The van der Waals surface area contributed by atoms with Crippen molar-refractivity contribution in [3.8, 4) is 0 Å². The maximum Gasteiger partial charge on any atom is 0.230 e. The van der Waals surface area contributed by atoms with Crippen LogP contribution in [0.15, 0.2) is 24.3 Å². The molecule has 1 amide bonds. The van der Waals surface area contributed by atoms with E-state index in [1.165, 1.54) is 18.7 Å². The van der Waals surface area contributed by atoms with Gasteiger partial charge in [-0.2, -0.15) is 4.37 Å². The van der Waals surface area contributed by atoms with Crippen LogP contribution < -0.4 is 4.90 Å². The largest absolute Gasteiger partial charge is 0.295 e. The van der Waals surface area contributed by atoms with Crippen molar-refractivity contribution in [1.29, 1.82) is 0 Å². The molecule has 0 saturated carbocycles. The van der Waals surface area contributed by atoms with Gasteiger partial charge in [0.15, 0.2) is 5.78 Å². The predicted octanol–water partition coefficient (Wildman–Crippen LogP) is 2.73. The van der Waals surface area contributed by atoms with Gasteiger partial charge in [-0.05, 0) is 26.0 Å². The highest BCUT2D eigenvalue weighted by Crippen LogP contribution is 2.27. The number of carbonyl (C=O) groups excluding carboxylic acids is 2. The van der Waals surface area contributed by atoms with Crippen LogP contribution in [0.2, 0.25) is 0 Å². The molecule has 2 aromatic rings. The normalized spacial score (nSPS) is 10.3.